The van der Waals surface area contributed by atoms with Crippen molar-refractivity contribution in [3.05, 3.63) is 0 Å². The van der Waals surface area contributed by atoms with Crippen molar-refractivity contribution in [1.29, 1.82) is 0 Å². The van der Waals surface area contributed by atoms with Gasteiger partial charge in [0.2, 0.25) is 5.91 Å². The van der Waals surface area contributed by atoms with E-state index in [-0.39, 0.29) is 24.2 Å². The molecule has 0 spiro atoms. The van der Waals surface area contributed by atoms with Crippen molar-refractivity contribution in [1.82, 2.24) is 10.2 Å². The van der Waals surface area contributed by atoms with Crippen molar-refractivity contribution in [2.45, 2.75) is 51.9 Å². The lowest BCUT2D eigenvalue weighted by Gasteiger charge is -2.38. The quantitative estimate of drug-likeness (QED) is 0.744. The molecule has 0 aliphatic carbocycles. The number of carbonyl (C=O) groups excluding carboxylic acids is 1. The highest BCUT2D eigenvalue weighted by Gasteiger charge is 2.32. The Labute approximate surface area is 104 Å². The molecule has 4 atom stereocenters. The molecule has 4 heteroatoms. The second-order valence-electron chi connectivity index (χ2n) is 5.64. The Morgan fingerprint density at radius 3 is 2.47 bits per heavy atom. The van der Waals surface area contributed by atoms with Crippen molar-refractivity contribution >= 4 is 5.91 Å². The first-order valence-electron chi connectivity index (χ1n) is 6.74. The summed E-state index contributed by atoms with van der Waals surface area (Å²) in [5.74, 6) is 0.916. The normalized spacial score (nSPS) is 39.1. The highest BCUT2D eigenvalue weighted by atomic mass is 16.5. The summed E-state index contributed by atoms with van der Waals surface area (Å²) < 4.78 is 5.66. The molecule has 2 aliphatic rings. The Balaban J connectivity index is 1.94. The number of hydrogen-bond acceptors (Lipinski definition) is 3. The topological polar surface area (TPSA) is 41.6 Å². The van der Waals surface area contributed by atoms with E-state index in [1.54, 1.807) is 0 Å². The van der Waals surface area contributed by atoms with Crippen LogP contribution in [0.15, 0.2) is 0 Å². The third-order valence-electron chi connectivity index (χ3n) is 3.70. The number of rotatable bonds is 1. The maximum atomic E-state index is 12.4. The molecule has 2 aliphatic heterocycles. The standard InChI is InChI=1S/C13H24N2O2/c1-9-4-5-14-12(6-9)13(16)15-7-10(2)17-11(3)8-15/h9-12,14H,4-8H2,1-3H3/t9?,10-,11+,12?. The molecule has 98 valence electrons. The number of piperidine rings is 1. The number of hydrogen-bond donors (Lipinski definition) is 1. The monoisotopic (exact) mass is 240 g/mol. The molecule has 4 nitrogen and oxygen atoms in total. The molecule has 2 fully saturated rings. The van der Waals surface area contributed by atoms with Crippen molar-refractivity contribution in [3.8, 4) is 0 Å². The Hall–Kier alpha value is -0.610. The summed E-state index contributed by atoms with van der Waals surface area (Å²) in [4.78, 5) is 14.4. The number of morpholine rings is 1. The summed E-state index contributed by atoms with van der Waals surface area (Å²) in [6.07, 6.45) is 2.46. The van der Waals surface area contributed by atoms with E-state index in [9.17, 15) is 4.79 Å². The van der Waals surface area contributed by atoms with Gasteiger partial charge in [-0.1, -0.05) is 6.92 Å². The molecule has 2 saturated heterocycles. The van der Waals surface area contributed by atoms with Crippen molar-refractivity contribution in [2.75, 3.05) is 19.6 Å². The van der Waals surface area contributed by atoms with Crippen molar-refractivity contribution in [2.24, 2.45) is 5.92 Å². The average molecular weight is 240 g/mol. The van der Waals surface area contributed by atoms with Crippen LogP contribution in [-0.2, 0) is 9.53 Å². The largest absolute Gasteiger partial charge is 0.372 e. The van der Waals surface area contributed by atoms with E-state index in [4.69, 9.17) is 4.74 Å². The summed E-state index contributed by atoms with van der Waals surface area (Å²) >= 11 is 0. The van der Waals surface area contributed by atoms with E-state index in [1.165, 1.54) is 6.42 Å². The van der Waals surface area contributed by atoms with E-state index in [0.29, 0.717) is 5.92 Å². The second kappa shape index (κ2) is 5.36. The maximum Gasteiger partial charge on any atom is 0.239 e. The summed E-state index contributed by atoms with van der Waals surface area (Å²) in [5, 5.41) is 3.34. The van der Waals surface area contributed by atoms with E-state index in [0.717, 1.165) is 26.1 Å². The van der Waals surface area contributed by atoms with Crippen LogP contribution in [0, 0.1) is 5.92 Å². The van der Waals surface area contributed by atoms with Gasteiger partial charge in [-0.15, -0.1) is 0 Å². The molecule has 0 bridgehead atoms. The highest BCUT2D eigenvalue weighted by molar-refractivity contribution is 5.82. The van der Waals surface area contributed by atoms with Gasteiger partial charge in [-0.2, -0.15) is 0 Å². The van der Waals surface area contributed by atoms with Crippen LogP contribution in [0.1, 0.15) is 33.6 Å². The SMILES string of the molecule is CC1CCNC(C(=O)N2C[C@@H](C)O[C@@H](C)C2)C1. The van der Waals surface area contributed by atoms with E-state index in [2.05, 4.69) is 12.2 Å². The molecule has 0 aromatic rings. The van der Waals surface area contributed by atoms with Crippen molar-refractivity contribution in [3.63, 3.8) is 0 Å². The summed E-state index contributed by atoms with van der Waals surface area (Å²) in [6, 6.07) is 0.0243. The number of amides is 1. The van der Waals surface area contributed by atoms with Crippen LogP contribution < -0.4 is 5.32 Å². The Kier molecular flexibility index (Phi) is 4.05. The first-order valence-corrected chi connectivity index (χ1v) is 6.74. The molecule has 2 unspecified atom stereocenters. The fraction of sp³-hybridized carbons (Fsp3) is 0.923. The fourth-order valence-electron chi connectivity index (χ4n) is 2.87. The lowest BCUT2D eigenvalue weighted by Crippen LogP contribution is -2.55. The van der Waals surface area contributed by atoms with Crippen LogP contribution in [0.2, 0.25) is 0 Å². The highest BCUT2D eigenvalue weighted by Crippen LogP contribution is 2.19. The summed E-state index contributed by atoms with van der Waals surface area (Å²) in [6.45, 7) is 8.73. The van der Waals surface area contributed by atoms with Crippen molar-refractivity contribution < 1.29 is 9.53 Å². The van der Waals surface area contributed by atoms with Gasteiger partial charge in [-0.3, -0.25) is 4.79 Å². The number of nitrogens with zero attached hydrogens (tertiary/aromatic N) is 1. The van der Waals surface area contributed by atoms with Crippen LogP contribution in [0.4, 0.5) is 0 Å². The van der Waals surface area contributed by atoms with E-state index < -0.39 is 0 Å². The predicted molar refractivity (Wildman–Crippen MR) is 66.8 cm³/mol. The van der Waals surface area contributed by atoms with Gasteiger partial charge in [0.15, 0.2) is 0 Å². The van der Waals surface area contributed by atoms with Gasteiger partial charge in [0.05, 0.1) is 18.2 Å². The Morgan fingerprint density at radius 1 is 1.24 bits per heavy atom. The Morgan fingerprint density at radius 2 is 1.88 bits per heavy atom. The van der Waals surface area contributed by atoms with Crippen LogP contribution >= 0.6 is 0 Å². The van der Waals surface area contributed by atoms with Crippen LogP contribution in [0.5, 0.6) is 0 Å². The molecule has 0 aromatic heterocycles. The zero-order chi connectivity index (χ0) is 12.4. The molecule has 1 N–H and O–H groups in total. The van der Waals surface area contributed by atoms with Crippen LogP contribution in [0.3, 0.4) is 0 Å². The second-order valence-corrected chi connectivity index (χ2v) is 5.64. The molecule has 0 saturated carbocycles. The van der Waals surface area contributed by atoms with E-state index in [1.807, 2.05) is 18.7 Å². The molecule has 17 heavy (non-hydrogen) atoms. The summed E-state index contributed by atoms with van der Waals surface area (Å²) in [7, 11) is 0. The van der Waals surface area contributed by atoms with Gasteiger partial charge in [-0.05, 0) is 39.2 Å². The minimum Gasteiger partial charge on any atom is -0.372 e. The zero-order valence-corrected chi connectivity index (χ0v) is 11.1. The van der Waals surface area contributed by atoms with Gasteiger partial charge < -0.3 is 15.0 Å². The number of nitrogens with one attached hydrogen (secondary N) is 1. The van der Waals surface area contributed by atoms with E-state index >= 15 is 0 Å². The summed E-state index contributed by atoms with van der Waals surface area (Å²) in [5.41, 5.74) is 0. The number of carbonyl (C=O) groups is 1. The zero-order valence-electron chi connectivity index (χ0n) is 11.1. The van der Waals surface area contributed by atoms with Gasteiger partial charge in [0, 0.05) is 13.1 Å². The lowest BCUT2D eigenvalue weighted by molar-refractivity contribution is -0.146. The van der Waals surface area contributed by atoms with Crippen LogP contribution in [-0.4, -0.2) is 48.7 Å². The third kappa shape index (κ3) is 3.19. The predicted octanol–water partition coefficient (Wildman–Crippen LogP) is 1.01. The Bertz CT molecular complexity index is 273. The molecular weight excluding hydrogens is 216 g/mol. The average Bonchev–Trinajstić information content (AvgIpc) is 2.26. The molecule has 2 heterocycles. The van der Waals surface area contributed by atoms with Gasteiger partial charge in [-0.25, -0.2) is 0 Å². The maximum absolute atomic E-state index is 12.4. The minimum absolute atomic E-state index is 0.0243. The van der Waals surface area contributed by atoms with Gasteiger partial charge >= 0.3 is 0 Å². The lowest BCUT2D eigenvalue weighted by atomic mass is 9.93. The molecule has 0 aromatic carbocycles. The molecule has 1 amide bonds. The fourth-order valence-corrected chi connectivity index (χ4v) is 2.87. The van der Waals surface area contributed by atoms with Gasteiger partial charge in [0.1, 0.15) is 0 Å². The molecule has 0 radical (unpaired) electrons. The minimum atomic E-state index is 0.0243. The van der Waals surface area contributed by atoms with Gasteiger partial charge in [0.25, 0.3) is 0 Å². The smallest absolute Gasteiger partial charge is 0.239 e. The molecular formula is C13H24N2O2. The first kappa shape index (κ1) is 12.8. The molecule has 2 rings (SSSR count). The van der Waals surface area contributed by atoms with Crippen LogP contribution in [0.25, 0.3) is 0 Å². The first-order chi connectivity index (χ1) is 8.06. The third-order valence-corrected chi connectivity index (χ3v) is 3.70. The number of ether oxygens (including phenoxy) is 1.